The first kappa shape index (κ1) is 21.1. The molecule has 4 rings (SSSR count). The van der Waals surface area contributed by atoms with Gasteiger partial charge in [-0.1, -0.05) is 41.4 Å². The summed E-state index contributed by atoms with van der Waals surface area (Å²) in [4.78, 5) is 14.1. The fourth-order valence-corrected chi connectivity index (χ4v) is 4.09. The Morgan fingerprint density at radius 3 is 2.61 bits per heavy atom. The molecule has 0 radical (unpaired) electrons. The SMILES string of the molecule is N#CC1=C(S)N(c2ccccc2)[C@H](/C=C/c2ccc(-c3ccc(Cl)cc3Cl)o2)NC1=O. The molecule has 0 saturated heterocycles. The Balaban J connectivity index is 1.65. The Kier molecular flexibility index (Phi) is 6.10. The third-order valence-electron chi connectivity index (χ3n) is 4.65. The lowest BCUT2D eigenvalue weighted by atomic mass is 10.1. The molecular formula is C23H15Cl2N3O2S. The van der Waals surface area contributed by atoms with Gasteiger partial charge in [-0.15, -0.1) is 12.6 Å². The van der Waals surface area contributed by atoms with Gasteiger partial charge in [-0.25, -0.2) is 0 Å². The second-order valence-electron chi connectivity index (χ2n) is 6.62. The van der Waals surface area contributed by atoms with E-state index >= 15 is 0 Å². The molecule has 154 valence electrons. The predicted octanol–water partition coefficient (Wildman–Crippen LogP) is 5.89. The molecular weight excluding hydrogens is 453 g/mol. The molecule has 2 heterocycles. The zero-order valence-electron chi connectivity index (χ0n) is 15.9. The number of nitrogens with one attached hydrogen (secondary N) is 1. The fourth-order valence-electron chi connectivity index (χ4n) is 3.19. The molecule has 0 fully saturated rings. The van der Waals surface area contributed by atoms with Crippen molar-refractivity contribution in [3.63, 3.8) is 0 Å². The number of nitriles is 1. The lowest BCUT2D eigenvalue weighted by Crippen LogP contribution is -2.51. The number of hydrogen-bond acceptors (Lipinski definition) is 5. The van der Waals surface area contributed by atoms with Crippen LogP contribution in [-0.2, 0) is 4.79 Å². The molecule has 0 bridgehead atoms. The van der Waals surface area contributed by atoms with Gasteiger partial charge >= 0.3 is 0 Å². The second-order valence-corrected chi connectivity index (χ2v) is 7.89. The Hall–Kier alpha value is -3.11. The quantitative estimate of drug-likeness (QED) is 0.469. The van der Waals surface area contributed by atoms with Crippen molar-refractivity contribution in [2.24, 2.45) is 0 Å². The van der Waals surface area contributed by atoms with E-state index in [-0.39, 0.29) is 10.6 Å². The van der Waals surface area contributed by atoms with Crippen LogP contribution >= 0.6 is 35.8 Å². The summed E-state index contributed by atoms with van der Waals surface area (Å²) >= 11 is 16.7. The minimum atomic E-state index is -0.563. The first-order valence-electron chi connectivity index (χ1n) is 9.20. The van der Waals surface area contributed by atoms with Crippen LogP contribution in [0.1, 0.15) is 5.76 Å². The Labute approximate surface area is 194 Å². The van der Waals surface area contributed by atoms with Gasteiger partial charge in [-0.2, -0.15) is 5.26 Å². The summed E-state index contributed by atoms with van der Waals surface area (Å²) in [5.41, 5.74) is 1.46. The first-order chi connectivity index (χ1) is 15.0. The van der Waals surface area contributed by atoms with Crippen LogP contribution in [0.4, 0.5) is 5.69 Å². The summed E-state index contributed by atoms with van der Waals surface area (Å²) in [6, 6.07) is 20.1. The number of carbonyl (C=O) groups is 1. The van der Waals surface area contributed by atoms with E-state index in [1.807, 2.05) is 36.4 Å². The van der Waals surface area contributed by atoms with E-state index in [0.29, 0.717) is 21.6 Å². The topological polar surface area (TPSA) is 69.3 Å². The highest BCUT2D eigenvalue weighted by Gasteiger charge is 2.31. The van der Waals surface area contributed by atoms with Gasteiger partial charge in [0, 0.05) is 16.3 Å². The maximum absolute atomic E-state index is 12.3. The Morgan fingerprint density at radius 2 is 1.90 bits per heavy atom. The molecule has 1 amide bonds. The zero-order chi connectivity index (χ0) is 22.0. The number of nitrogens with zero attached hydrogens (tertiary/aromatic N) is 2. The number of carbonyl (C=O) groups excluding carboxylic acids is 1. The molecule has 31 heavy (non-hydrogen) atoms. The normalized spacial score (nSPS) is 16.5. The zero-order valence-corrected chi connectivity index (χ0v) is 18.3. The van der Waals surface area contributed by atoms with Gasteiger partial charge in [0.05, 0.1) is 10.1 Å². The molecule has 0 spiro atoms. The van der Waals surface area contributed by atoms with E-state index < -0.39 is 12.1 Å². The van der Waals surface area contributed by atoms with Crippen molar-refractivity contribution in [1.82, 2.24) is 5.32 Å². The number of amides is 1. The van der Waals surface area contributed by atoms with E-state index in [4.69, 9.17) is 27.6 Å². The highest BCUT2D eigenvalue weighted by molar-refractivity contribution is 7.84. The van der Waals surface area contributed by atoms with Crippen LogP contribution in [0.25, 0.3) is 17.4 Å². The van der Waals surface area contributed by atoms with Gasteiger partial charge in [0.2, 0.25) is 0 Å². The van der Waals surface area contributed by atoms with Gasteiger partial charge < -0.3 is 14.6 Å². The smallest absolute Gasteiger partial charge is 0.266 e. The third-order valence-corrected chi connectivity index (χ3v) is 5.64. The lowest BCUT2D eigenvalue weighted by Gasteiger charge is -2.36. The second kappa shape index (κ2) is 8.94. The van der Waals surface area contributed by atoms with Crippen molar-refractivity contribution in [3.05, 3.63) is 93.1 Å². The molecule has 1 aliphatic heterocycles. The highest BCUT2D eigenvalue weighted by Crippen LogP contribution is 2.33. The van der Waals surface area contributed by atoms with Crippen LogP contribution < -0.4 is 10.2 Å². The maximum atomic E-state index is 12.3. The van der Waals surface area contributed by atoms with Crippen LogP contribution in [0.2, 0.25) is 10.0 Å². The fraction of sp³-hybridized carbons (Fsp3) is 0.0435. The van der Waals surface area contributed by atoms with E-state index in [0.717, 1.165) is 11.3 Å². The van der Waals surface area contributed by atoms with E-state index in [1.165, 1.54) is 0 Å². The largest absolute Gasteiger partial charge is 0.457 e. The molecule has 1 atom stereocenters. The number of thiol groups is 1. The summed E-state index contributed by atoms with van der Waals surface area (Å²) in [7, 11) is 0. The number of anilines is 1. The molecule has 0 saturated carbocycles. The summed E-state index contributed by atoms with van der Waals surface area (Å²) in [5, 5.41) is 13.5. The Bertz CT molecular complexity index is 1250. The van der Waals surface area contributed by atoms with Gasteiger partial charge in [0.25, 0.3) is 5.91 Å². The first-order valence-corrected chi connectivity index (χ1v) is 10.4. The monoisotopic (exact) mass is 467 g/mol. The van der Waals surface area contributed by atoms with Crippen LogP contribution in [0.5, 0.6) is 0 Å². The number of halogens is 2. The summed E-state index contributed by atoms with van der Waals surface area (Å²) in [6.07, 6.45) is 2.95. The van der Waals surface area contributed by atoms with E-state index in [1.54, 1.807) is 47.4 Å². The lowest BCUT2D eigenvalue weighted by molar-refractivity contribution is -0.117. The minimum absolute atomic E-state index is 0.0468. The number of rotatable bonds is 4. The average molecular weight is 468 g/mol. The molecule has 0 unspecified atom stereocenters. The predicted molar refractivity (Wildman–Crippen MR) is 126 cm³/mol. The van der Waals surface area contributed by atoms with Crippen molar-refractivity contribution < 1.29 is 9.21 Å². The molecule has 1 N–H and O–H groups in total. The molecule has 3 aromatic rings. The van der Waals surface area contributed by atoms with E-state index in [9.17, 15) is 10.1 Å². The van der Waals surface area contributed by atoms with Crippen molar-refractivity contribution in [2.75, 3.05) is 4.90 Å². The van der Waals surface area contributed by atoms with Gasteiger partial charge in [-0.05, 0) is 54.6 Å². The van der Waals surface area contributed by atoms with Gasteiger partial charge in [0.15, 0.2) is 0 Å². The molecule has 2 aromatic carbocycles. The summed E-state index contributed by atoms with van der Waals surface area (Å²) in [6.45, 7) is 0. The maximum Gasteiger partial charge on any atom is 0.266 e. The highest BCUT2D eigenvalue weighted by atomic mass is 35.5. The van der Waals surface area contributed by atoms with Crippen LogP contribution in [0, 0.1) is 11.3 Å². The summed E-state index contributed by atoms with van der Waals surface area (Å²) in [5.74, 6) is 0.678. The van der Waals surface area contributed by atoms with Crippen LogP contribution in [0.15, 0.2) is 81.8 Å². The van der Waals surface area contributed by atoms with Crippen molar-refractivity contribution in [1.29, 1.82) is 5.26 Å². The molecule has 8 heteroatoms. The molecule has 0 aliphatic carbocycles. The molecule has 1 aliphatic rings. The Morgan fingerprint density at radius 1 is 1.13 bits per heavy atom. The summed E-state index contributed by atoms with van der Waals surface area (Å²) < 4.78 is 5.89. The van der Waals surface area contributed by atoms with Crippen LogP contribution in [0.3, 0.4) is 0 Å². The van der Waals surface area contributed by atoms with Gasteiger partial charge in [0.1, 0.15) is 29.3 Å². The van der Waals surface area contributed by atoms with Crippen LogP contribution in [-0.4, -0.2) is 12.1 Å². The number of hydrogen-bond donors (Lipinski definition) is 2. The van der Waals surface area contributed by atoms with Gasteiger partial charge in [-0.3, -0.25) is 4.79 Å². The van der Waals surface area contributed by atoms with Crippen molar-refractivity contribution >= 4 is 53.5 Å². The number of furan rings is 1. The number of para-hydroxylation sites is 1. The van der Waals surface area contributed by atoms with Crippen molar-refractivity contribution in [2.45, 2.75) is 6.17 Å². The van der Waals surface area contributed by atoms with Crippen molar-refractivity contribution in [3.8, 4) is 17.4 Å². The molecule has 1 aromatic heterocycles. The number of benzene rings is 2. The molecule has 5 nitrogen and oxygen atoms in total. The third kappa shape index (κ3) is 4.35. The standard InChI is InChI=1S/C23H15Cl2N3O2S/c24-14-6-9-17(19(25)12-14)20-10-7-16(30-20)8-11-21-27-22(29)18(13-26)23(31)28(21)15-4-2-1-3-5-15/h1-12,21,31H,(H,27,29)/b11-8+/t21-/m1/s1. The minimum Gasteiger partial charge on any atom is -0.457 e. The van der Waals surface area contributed by atoms with E-state index in [2.05, 4.69) is 17.9 Å². The average Bonchev–Trinajstić information content (AvgIpc) is 3.21.